The summed E-state index contributed by atoms with van der Waals surface area (Å²) in [5.74, 6) is 1.21. The highest BCUT2D eigenvalue weighted by molar-refractivity contribution is 7.19. The molecule has 170 valence electrons. The second kappa shape index (κ2) is 8.27. The Balaban J connectivity index is 1.25. The second-order valence-electron chi connectivity index (χ2n) is 9.12. The topological polar surface area (TPSA) is 87.1 Å². The Morgan fingerprint density at radius 1 is 1.24 bits per heavy atom. The van der Waals surface area contributed by atoms with Crippen molar-refractivity contribution in [2.75, 3.05) is 32.5 Å². The van der Waals surface area contributed by atoms with E-state index in [-0.39, 0.29) is 5.92 Å². The number of hydrogen-bond donors (Lipinski definition) is 1. The number of aromatic nitrogens is 4. The minimum atomic E-state index is 0.0667. The highest BCUT2D eigenvalue weighted by Gasteiger charge is 2.35. The fraction of sp³-hybridized carbons (Fsp3) is 0.435. The third-order valence-electron chi connectivity index (χ3n) is 6.91. The van der Waals surface area contributed by atoms with Crippen molar-refractivity contribution in [2.24, 2.45) is 5.92 Å². The third-order valence-corrected chi connectivity index (χ3v) is 8.76. The molecule has 2 aliphatic rings. The molecule has 1 saturated heterocycles. The maximum atomic E-state index is 13.2. The van der Waals surface area contributed by atoms with Gasteiger partial charge in [-0.1, -0.05) is 4.49 Å². The van der Waals surface area contributed by atoms with Crippen molar-refractivity contribution in [1.82, 2.24) is 29.4 Å². The molecule has 0 bridgehead atoms. The average Bonchev–Trinajstić information content (AvgIpc) is 3.55. The minimum Gasteiger partial charge on any atom is -0.341 e. The van der Waals surface area contributed by atoms with E-state index >= 15 is 0 Å². The van der Waals surface area contributed by atoms with E-state index < -0.39 is 0 Å². The summed E-state index contributed by atoms with van der Waals surface area (Å²) in [4.78, 5) is 28.9. The predicted octanol–water partition coefficient (Wildman–Crippen LogP) is 3.71. The number of hydrogen-bond acceptors (Lipinski definition) is 9. The minimum absolute atomic E-state index is 0.0667. The molecule has 1 fully saturated rings. The van der Waals surface area contributed by atoms with Gasteiger partial charge in [0.15, 0.2) is 0 Å². The van der Waals surface area contributed by atoms with E-state index in [4.69, 9.17) is 0 Å². The molecule has 33 heavy (non-hydrogen) atoms. The quantitative estimate of drug-likeness (QED) is 0.477. The van der Waals surface area contributed by atoms with E-state index in [2.05, 4.69) is 54.8 Å². The van der Waals surface area contributed by atoms with Crippen LogP contribution in [-0.4, -0.2) is 68.5 Å². The molecule has 4 aromatic rings. The SMILES string of the molecule is CN(C)[C@H]1CCN(C(=O)[C@H]2CCc3c(sc4ncnc(Nc5ccc6nnsc6c5)c34)C2)C1. The lowest BCUT2D eigenvalue weighted by Crippen LogP contribution is -2.39. The number of aryl methyl sites for hydroxylation is 1. The number of nitrogens with zero attached hydrogens (tertiary/aromatic N) is 6. The van der Waals surface area contributed by atoms with Gasteiger partial charge in [0, 0.05) is 35.6 Å². The first-order valence-electron chi connectivity index (χ1n) is 11.3. The molecule has 2 atom stereocenters. The Morgan fingerprint density at radius 3 is 3.00 bits per heavy atom. The molecular weight excluding hydrogens is 454 g/mol. The van der Waals surface area contributed by atoms with Crippen LogP contribution < -0.4 is 5.32 Å². The maximum absolute atomic E-state index is 13.2. The van der Waals surface area contributed by atoms with Crippen molar-refractivity contribution in [1.29, 1.82) is 0 Å². The molecule has 0 radical (unpaired) electrons. The number of likely N-dealkylation sites (tertiary alicyclic amines) is 1. The van der Waals surface area contributed by atoms with Crippen molar-refractivity contribution in [2.45, 2.75) is 31.7 Å². The van der Waals surface area contributed by atoms with Crippen LogP contribution in [0.15, 0.2) is 24.5 Å². The van der Waals surface area contributed by atoms with Gasteiger partial charge in [0.2, 0.25) is 5.91 Å². The number of amides is 1. The van der Waals surface area contributed by atoms with Crippen LogP contribution in [0.25, 0.3) is 20.4 Å². The van der Waals surface area contributed by atoms with E-state index in [1.807, 2.05) is 12.1 Å². The Bertz CT molecular complexity index is 1350. The Morgan fingerprint density at radius 2 is 2.15 bits per heavy atom. The highest BCUT2D eigenvalue weighted by atomic mass is 32.1. The van der Waals surface area contributed by atoms with E-state index in [1.165, 1.54) is 22.0 Å². The van der Waals surface area contributed by atoms with Crippen LogP contribution in [0, 0.1) is 5.92 Å². The summed E-state index contributed by atoms with van der Waals surface area (Å²) >= 11 is 3.09. The molecule has 0 saturated carbocycles. The standard InChI is InChI=1S/C23H25N7OS2/c1-29(2)15-7-8-30(11-15)23(31)13-3-5-16-18(9-13)32-22-20(16)21(24-12-25-22)26-14-4-6-17-19(10-14)33-28-27-17/h4,6,10,12-13,15H,3,5,7-9,11H2,1-2H3,(H,24,25,26)/t13-,15-/m0/s1. The first-order chi connectivity index (χ1) is 16.1. The summed E-state index contributed by atoms with van der Waals surface area (Å²) in [6.45, 7) is 1.72. The van der Waals surface area contributed by atoms with Gasteiger partial charge in [0.1, 0.15) is 22.5 Å². The highest BCUT2D eigenvalue weighted by Crippen LogP contribution is 2.41. The van der Waals surface area contributed by atoms with Gasteiger partial charge in [-0.2, -0.15) is 0 Å². The van der Waals surface area contributed by atoms with E-state index in [9.17, 15) is 4.79 Å². The molecule has 3 aromatic heterocycles. The summed E-state index contributed by atoms with van der Waals surface area (Å²) in [7, 11) is 4.20. The van der Waals surface area contributed by atoms with Gasteiger partial charge in [-0.25, -0.2) is 9.97 Å². The summed E-state index contributed by atoms with van der Waals surface area (Å²) in [6.07, 6.45) is 5.25. The number of thiophene rings is 1. The van der Waals surface area contributed by atoms with Crippen LogP contribution in [0.1, 0.15) is 23.3 Å². The molecule has 1 aromatic carbocycles. The van der Waals surface area contributed by atoms with Gasteiger partial charge >= 0.3 is 0 Å². The number of rotatable bonds is 4. The molecule has 1 N–H and O–H groups in total. The number of anilines is 2. The fourth-order valence-corrected chi connectivity index (χ4v) is 6.90. The zero-order valence-corrected chi connectivity index (χ0v) is 20.2. The average molecular weight is 480 g/mol. The Labute approximate surface area is 199 Å². The van der Waals surface area contributed by atoms with Crippen molar-refractivity contribution in [3.05, 3.63) is 35.0 Å². The third kappa shape index (κ3) is 3.75. The summed E-state index contributed by atoms with van der Waals surface area (Å²) in [5, 5.41) is 8.70. The van der Waals surface area contributed by atoms with Gasteiger partial charge in [0.05, 0.1) is 10.1 Å². The molecule has 6 rings (SSSR count). The van der Waals surface area contributed by atoms with Crippen molar-refractivity contribution < 1.29 is 4.79 Å². The number of benzene rings is 1. The molecule has 10 heteroatoms. The lowest BCUT2D eigenvalue weighted by Gasteiger charge is -2.27. The van der Waals surface area contributed by atoms with Crippen LogP contribution in [0.5, 0.6) is 0 Å². The molecule has 1 amide bonds. The summed E-state index contributed by atoms with van der Waals surface area (Å²) in [5.41, 5.74) is 3.16. The first kappa shape index (κ1) is 20.9. The number of likely N-dealkylation sites (N-methyl/N-ethyl adjacent to an activating group) is 1. The summed E-state index contributed by atoms with van der Waals surface area (Å²) < 4.78 is 5.06. The molecule has 0 unspecified atom stereocenters. The smallest absolute Gasteiger partial charge is 0.226 e. The van der Waals surface area contributed by atoms with Crippen LogP contribution in [0.4, 0.5) is 11.5 Å². The molecule has 1 aliphatic carbocycles. The molecule has 4 heterocycles. The van der Waals surface area contributed by atoms with E-state index in [0.29, 0.717) is 11.9 Å². The number of carbonyl (C=O) groups excluding carboxylic acids is 1. The van der Waals surface area contributed by atoms with Crippen LogP contribution >= 0.6 is 22.9 Å². The Kier molecular flexibility index (Phi) is 5.23. The number of carbonyl (C=O) groups is 1. The molecule has 8 nitrogen and oxygen atoms in total. The van der Waals surface area contributed by atoms with Gasteiger partial charge in [-0.3, -0.25) is 4.79 Å². The molecule has 1 aliphatic heterocycles. The van der Waals surface area contributed by atoms with Crippen molar-refractivity contribution >= 4 is 60.7 Å². The maximum Gasteiger partial charge on any atom is 0.226 e. The zero-order chi connectivity index (χ0) is 22.5. The zero-order valence-electron chi connectivity index (χ0n) is 18.6. The number of fused-ring (bicyclic) bond motifs is 4. The molecular formula is C23H25N7OS2. The fourth-order valence-electron chi connectivity index (χ4n) is 5.03. The monoisotopic (exact) mass is 479 g/mol. The lowest BCUT2D eigenvalue weighted by atomic mass is 9.87. The summed E-state index contributed by atoms with van der Waals surface area (Å²) in [6, 6.07) is 6.50. The van der Waals surface area contributed by atoms with Crippen LogP contribution in [-0.2, 0) is 17.6 Å². The van der Waals surface area contributed by atoms with Crippen molar-refractivity contribution in [3.63, 3.8) is 0 Å². The van der Waals surface area contributed by atoms with Crippen molar-refractivity contribution in [3.8, 4) is 0 Å². The van der Waals surface area contributed by atoms with Crippen LogP contribution in [0.2, 0.25) is 0 Å². The second-order valence-corrected chi connectivity index (χ2v) is 11.0. The lowest BCUT2D eigenvalue weighted by molar-refractivity contribution is -0.134. The van der Waals surface area contributed by atoms with Gasteiger partial charge < -0.3 is 15.1 Å². The van der Waals surface area contributed by atoms with E-state index in [1.54, 1.807) is 17.7 Å². The normalized spacial score (nSPS) is 20.6. The molecule has 0 spiro atoms. The van der Waals surface area contributed by atoms with E-state index in [0.717, 1.165) is 70.7 Å². The van der Waals surface area contributed by atoms with Crippen LogP contribution in [0.3, 0.4) is 0 Å². The largest absolute Gasteiger partial charge is 0.341 e. The Hall–Kier alpha value is -2.69. The van der Waals surface area contributed by atoms with Gasteiger partial charge in [-0.15, -0.1) is 16.4 Å². The van der Waals surface area contributed by atoms with Gasteiger partial charge in [-0.05, 0) is 75.1 Å². The van der Waals surface area contributed by atoms with Gasteiger partial charge in [0.25, 0.3) is 0 Å². The predicted molar refractivity (Wildman–Crippen MR) is 132 cm³/mol. The first-order valence-corrected chi connectivity index (χ1v) is 12.9. The number of nitrogens with one attached hydrogen (secondary N) is 1.